The summed E-state index contributed by atoms with van der Waals surface area (Å²) in [5.74, 6) is -1.68. The minimum absolute atomic E-state index is 0.136. The topological polar surface area (TPSA) is 77.8 Å². The molecule has 4 nitrogen and oxygen atoms in total. The maximum atomic E-state index is 12.0. The Morgan fingerprint density at radius 3 is 2.57 bits per heavy atom. The minimum Gasteiger partial charge on any atom is -0.379 e. The summed E-state index contributed by atoms with van der Waals surface area (Å²) in [6.07, 6.45) is 7.40. The Balaban J connectivity index is 1.79. The molecule has 0 amide bonds. The van der Waals surface area contributed by atoms with Gasteiger partial charge in [-0.15, -0.1) is 0 Å². The van der Waals surface area contributed by atoms with Crippen LogP contribution in [-0.4, -0.2) is 33.0 Å². The molecular formula is C19H28O4. The predicted molar refractivity (Wildman–Crippen MR) is 85.3 cm³/mol. The van der Waals surface area contributed by atoms with Gasteiger partial charge in [0.05, 0.1) is 0 Å². The lowest BCUT2D eigenvalue weighted by Crippen LogP contribution is -2.66. The van der Waals surface area contributed by atoms with Gasteiger partial charge in [0, 0.05) is 5.41 Å². The first-order valence-electron chi connectivity index (χ1n) is 9.09. The van der Waals surface area contributed by atoms with Crippen LogP contribution in [0.1, 0.15) is 58.8 Å². The minimum atomic E-state index is -2.36. The molecule has 0 heterocycles. The molecule has 3 saturated carbocycles. The van der Waals surface area contributed by atoms with Crippen LogP contribution >= 0.6 is 0 Å². The number of ketones is 1. The van der Waals surface area contributed by atoms with E-state index in [9.17, 15) is 20.1 Å². The smallest absolute Gasteiger partial charge is 0.206 e. The summed E-state index contributed by atoms with van der Waals surface area (Å²) < 4.78 is 0. The zero-order valence-corrected chi connectivity index (χ0v) is 14.1. The van der Waals surface area contributed by atoms with Gasteiger partial charge in [0.25, 0.3) is 0 Å². The van der Waals surface area contributed by atoms with E-state index in [1.54, 1.807) is 0 Å². The number of carbonyl (C=O) groups is 1. The molecule has 6 atom stereocenters. The van der Waals surface area contributed by atoms with E-state index in [4.69, 9.17) is 0 Å². The quantitative estimate of drug-likeness (QED) is 0.598. The Morgan fingerprint density at radius 2 is 1.83 bits per heavy atom. The number of hydrogen-bond acceptors (Lipinski definition) is 4. The normalized spacial score (nSPS) is 51.5. The molecule has 4 aliphatic carbocycles. The van der Waals surface area contributed by atoms with E-state index >= 15 is 0 Å². The summed E-state index contributed by atoms with van der Waals surface area (Å²) in [5.41, 5.74) is 0.323. The first-order chi connectivity index (χ1) is 10.7. The van der Waals surface area contributed by atoms with Crippen LogP contribution < -0.4 is 0 Å². The van der Waals surface area contributed by atoms with Crippen molar-refractivity contribution in [3.05, 3.63) is 11.6 Å². The summed E-state index contributed by atoms with van der Waals surface area (Å²) >= 11 is 0. The van der Waals surface area contributed by atoms with Crippen molar-refractivity contribution in [2.45, 2.75) is 70.7 Å². The lowest BCUT2D eigenvalue weighted by atomic mass is 9.46. The lowest BCUT2D eigenvalue weighted by molar-refractivity contribution is -0.298. The van der Waals surface area contributed by atoms with Gasteiger partial charge in [-0.05, 0) is 67.8 Å². The Kier molecular flexibility index (Phi) is 3.21. The van der Waals surface area contributed by atoms with Crippen molar-refractivity contribution in [3.63, 3.8) is 0 Å². The molecule has 0 aromatic heterocycles. The van der Waals surface area contributed by atoms with Crippen LogP contribution in [0.15, 0.2) is 11.6 Å². The van der Waals surface area contributed by atoms with Crippen LogP contribution in [-0.2, 0) is 4.79 Å². The van der Waals surface area contributed by atoms with Crippen molar-refractivity contribution < 1.29 is 20.1 Å². The highest BCUT2D eigenvalue weighted by Crippen LogP contribution is 2.66. The van der Waals surface area contributed by atoms with Gasteiger partial charge in [0.2, 0.25) is 5.79 Å². The summed E-state index contributed by atoms with van der Waals surface area (Å²) in [6, 6.07) is 0. The zero-order chi connectivity index (χ0) is 16.6. The Bertz CT molecular complexity index is 580. The molecule has 3 fully saturated rings. The highest BCUT2D eigenvalue weighted by molar-refractivity contribution is 5.96. The first kappa shape index (κ1) is 15.8. The van der Waals surface area contributed by atoms with E-state index in [-0.39, 0.29) is 5.92 Å². The van der Waals surface area contributed by atoms with E-state index in [0.717, 1.165) is 31.3 Å². The fourth-order valence-electron chi connectivity index (χ4n) is 6.68. The molecule has 0 bridgehead atoms. The largest absolute Gasteiger partial charge is 0.379 e. The number of fused-ring (bicyclic) bond motifs is 5. The van der Waals surface area contributed by atoms with Crippen LogP contribution in [0.25, 0.3) is 0 Å². The van der Waals surface area contributed by atoms with Gasteiger partial charge in [-0.1, -0.05) is 25.8 Å². The third-order valence-electron chi connectivity index (χ3n) is 8.11. The van der Waals surface area contributed by atoms with Gasteiger partial charge >= 0.3 is 0 Å². The van der Waals surface area contributed by atoms with E-state index in [1.807, 2.05) is 6.92 Å². The van der Waals surface area contributed by atoms with Gasteiger partial charge in [-0.3, -0.25) is 4.79 Å². The van der Waals surface area contributed by atoms with Crippen LogP contribution in [0.5, 0.6) is 0 Å². The van der Waals surface area contributed by atoms with E-state index in [1.165, 1.54) is 25.3 Å². The Morgan fingerprint density at radius 1 is 1.09 bits per heavy atom. The van der Waals surface area contributed by atoms with Crippen LogP contribution in [0.2, 0.25) is 0 Å². The highest BCUT2D eigenvalue weighted by Gasteiger charge is 2.66. The fourth-order valence-corrected chi connectivity index (χ4v) is 6.68. The van der Waals surface area contributed by atoms with Gasteiger partial charge in [0.15, 0.2) is 11.9 Å². The summed E-state index contributed by atoms with van der Waals surface area (Å²) in [6.45, 7) is 4.27. The molecule has 0 aromatic carbocycles. The Hall–Kier alpha value is -0.710. The molecule has 0 saturated heterocycles. The van der Waals surface area contributed by atoms with Gasteiger partial charge in [0.1, 0.15) is 0 Å². The zero-order valence-electron chi connectivity index (χ0n) is 14.1. The molecule has 1 unspecified atom stereocenters. The first-order valence-corrected chi connectivity index (χ1v) is 9.09. The molecule has 0 aromatic rings. The third kappa shape index (κ3) is 1.80. The van der Waals surface area contributed by atoms with Crippen molar-refractivity contribution in [2.24, 2.45) is 28.6 Å². The van der Waals surface area contributed by atoms with E-state index in [0.29, 0.717) is 17.3 Å². The van der Waals surface area contributed by atoms with Crippen LogP contribution in [0.3, 0.4) is 0 Å². The molecule has 0 aliphatic heterocycles. The van der Waals surface area contributed by atoms with Gasteiger partial charge < -0.3 is 15.3 Å². The average Bonchev–Trinajstić information content (AvgIpc) is 2.89. The van der Waals surface area contributed by atoms with Crippen molar-refractivity contribution >= 4 is 5.78 Å². The lowest BCUT2D eigenvalue weighted by Gasteiger charge is -2.61. The molecule has 4 heteroatoms. The maximum absolute atomic E-state index is 12.0. The molecule has 4 rings (SSSR count). The van der Waals surface area contributed by atoms with Crippen molar-refractivity contribution in [1.82, 2.24) is 0 Å². The number of carbonyl (C=O) groups excluding carboxylic acids is 1. The maximum Gasteiger partial charge on any atom is 0.206 e. The molecule has 0 spiro atoms. The van der Waals surface area contributed by atoms with Crippen molar-refractivity contribution in [2.75, 3.05) is 0 Å². The molecule has 4 aliphatic rings. The average molecular weight is 320 g/mol. The fraction of sp³-hybridized carbons (Fsp3) is 0.842. The molecule has 0 radical (unpaired) electrons. The monoisotopic (exact) mass is 320 g/mol. The molecule has 128 valence electrons. The second kappa shape index (κ2) is 4.68. The van der Waals surface area contributed by atoms with Gasteiger partial charge in [-0.25, -0.2) is 0 Å². The van der Waals surface area contributed by atoms with Gasteiger partial charge in [-0.2, -0.15) is 0 Å². The Labute approximate surface area is 137 Å². The molecular weight excluding hydrogens is 292 g/mol. The van der Waals surface area contributed by atoms with Crippen molar-refractivity contribution in [1.29, 1.82) is 0 Å². The predicted octanol–water partition coefficient (Wildman–Crippen LogP) is 2.17. The van der Waals surface area contributed by atoms with Crippen molar-refractivity contribution in [3.8, 4) is 0 Å². The highest BCUT2D eigenvalue weighted by atomic mass is 16.5. The number of aliphatic hydroxyl groups is 3. The second-order valence-electron chi connectivity index (χ2n) is 8.90. The van der Waals surface area contributed by atoms with Crippen LogP contribution in [0.4, 0.5) is 0 Å². The third-order valence-corrected chi connectivity index (χ3v) is 8.11. The summed E-state index contributed by atoms with van der Waals surface area (Å²) in [5, 5.41) is 31.7. The van der Waals surface area contributed by atoms with E-state index < -0.39 is 23.1 Å². The number of rotatable bonds is 0. The van der Waals surface area contributed by atoms with E-state index in [2.05, 4.69) is 6.92 Å². The second-order valence-corrected chi connectivity index (χ2v) is 8.90. The molecule has 3 N–H and O–H groups in total. The number of aliphatic hydroxyl groups excluding tert-OH is 1. The standard InChI is InChI=1S/C19H28O4/c1-17-8-3-4-13(17)12-6-5-11-10-15(20)16(21)19(22,23)18(11,2)14(12)7-9-17/h10,12-14,16,21-23H,3-9H2,1-2H3/t12-,13-,14-,16?,17-,18-/m0/s1. The summed E-state index contributed by atoms with van der Waals surface area (Å²) in [7, 11) is 0. The summed E-state index contributed by atoms with van der Waals surface area (Å²) in [4.78, 5) is 12.0. The van der Waals surface area contributed by atoms with Crippen LogP contribution in [0, 0.1) is 28.6 Å². The SMILES string of the molecule is C[C@@]12CCC[C@H]1[C@@H]1CCC3=CC(=O)C(O)C(O)(O)[C@]3(C)[C@H]1CC2. The molecule has 23 heavy (non-hydrogen) atoms. The number of hydrogen-bond donors (Lipinski definition) is 3.